The molecule has 2 fully saturated rings. The maximum atomic E-state index is 13.9. The van der Waals surface area contributed by atoms with E-state index in [9.17, 15) is 33.9 Å². The Morgan fingerprint density at radius 2 is 1.65 bits per heavy atom. The number of nitrogens with one attached hydrogen (secondary N) is 2. The van der Waals surface area contributed by atoms with Gasteiger partial charge in [-0.2, -0.15) is 0 Å². The highest BCUT2D eigenvalue weighted by Crippen LogP contribution is 2.23. The third-order valence-corrected chi connectivity index (χ3v) is 8.77. The number of aliphatic hydroxyl groups excluding tert-OH is 1. The molecule has 2 rings (SSSR count). The van der Waals surface area contributed by atoms with E-state index in [-0.39, 0.29) is 43.6 Å². The number of hydrogen-bond acceptors (Lipinski definition) is 8. The van der Waals surface area contributed by atoms with Crippen LogP contribution in [0.15, 0.2) is 0 Å². The highest BCUT2D eigenvalue weighted by molar-refractivity contribution is 6.18. The normalized spacial score (nSPS) is 28.9. The van der Waals surface area contributed by atoms with Crippen LogP contribution in [0, 0.1) is 11.8 Å². The summed E-state index contributed by atoms with van der Waals surface area (Å²) in [6, 6.07) is -3.77. The molecule has 0 aliphatic carbocycles. The molecule has 244 valence electrons. The largest absolute Gasteiger partial charge is 0.452 e. The van der Waals surface area contributed by atoms with Crippen LogP contribution in [0.4, 0.5) is 0 Å². The Bertz CT molecular complexity index is 1040. The number of alkyl halides is 1. The highest BCUT2D eigenvalue weighted by atomic mass is 35.5. The van der Waals surface area contributed by atoms with Crippen LogP contribution in [0.3, 0.4) is 0 Å². The van der Waals surface area contributed by atoms with Crippen molar-refractivity contribution in [1.82, 2.24) is 25.3 Å². The Balaban J connectivity index is 2.54. The molecular formula is C29H48ClN5O8. The van der Waals surface area contributed by atoms with Crippen molar-refractivity contribution in [1.29, 1.82) is 0 Å². The summed E-state index contributed by atoms with van der Waals surface area (Å²) in [4.78, 5) is 84.3. The number of likely N-dealkylation sites (N-methyl/N-ethyl adjacent to an activating group) is 2. The molecule has 0 aromatic heterocycles. The van der Waals surface area contributed by atoms with Gasteiger partial charge < -0.3 is 35.2 Å². The van der Waals surface area contributed by atoms with Crippen molar-refractivity contribution in [2.75, 3.05) is 33.1 Å². The van der Waals surface area contributed by atoms with Crippen molar-refractivity contribution in [3.63, 3.8) is 0 Å². The first-order valence-electron chi connectivity index (χ1n) is 15.0. The SMILES string of the molecule is CC[C@H](C)[C@@H]1NC(=O)[C@@H]2CCCN2C(=O)[C@@H](C[C@@H](O)CCl)OC(=O)CCNC(=O)[C@H](C)N(C)C(=O)[C@H](C(C)C)N(C)C1=O. The molecule has 0 aromatic rings. The molecule has 13 nitrogen and oxygen atoms in total. The van der Waals surface area contributed by atoms with Gasteiger partial charge >= 0.3 is 5.97 Å². The van der Waals surface area contributed by atoms with Crippen molar-refractivity contribution in [3.05, 3.63) is 0 Å². The molecule has 0 radical (unpaired) electrons. The van der Waals surface area contributed by atoms with E-state index in [1.807, 2.05) is 13.8 Å². The Morgan fingerprint density at radius 3 is 2.23 bits per heavy atom. The van der Waals surface area contributed by atoms with Gasteiger partial charge in [0.2, 0.25) is 23.6 Å². The van der Waals surface area contributed by atoms with Crippen molar-refractivity contribution in [2.24, 2.45) is 11.8 Å². The predicted octanol–water partition coefficient (Wildman–Crippen LogP) is 0.260. The number of fused-ring (bicyclic) bond motifs is 1. The minimum atomic E-state index is -1.40. The van der Waals surface area contributed by atoms with Gasteiger partial charge in [-0.25, -0.2) is 0 Å². The van der Waals surface area contributed by atoms with E-state index in [0.29, 0.717) is 19.3 Å². The topological polar surface area (TPSA) is 166 Å². The van der Waals surface area contributed by atoms with Crippen LogP contribution >= 0.6 is 11.6 Å². The number of rotatable bonds is 6. The number of carbonyl (C=O) groups excluding carboxylic acids is 6. The van der Waals surface area contributed by atoms with Crippen molar-refractivity contribution < 1.29 is 38.6 Å². The Morgan fingerprint density at radius 1 is 1.00 bits per heavy atom. The van der Waals surface area contributed by atoms with E-state index in [1.54, 1.807) is 13.8 Å². The number of ether oxygens (including phenoxy) is 1. The Kier molecular flexibility index (Phi) is 13.7. The van der Waals surface area contributed by atoms with Crippen LogP contribution in [0.2, 0.25) is 0 Å². The molecule has 0 saturated carbocycles. The van der Waals surface area contributed by atoms with Gasteiger partial charge in [0.05, 0.1) is 12.5 Å². The maximum absolute atomic E-state index is 13.9. The second kappa shape index (κ2) is 16.2. The van der Waals surface area contributed by atoms with Gasteiger partial charge in [0.15, 0.2) is 6.10 Å². The smallest absolute Gasteiger partial charge is 0.308 e. The van der Waals surface area contributed by atoms with Gasteiger partial charge in [-0.05, 0) is 31.6 Å². The van der Waals surface area contributed by atoms with E-state index in [2.05, 4.69) is 10.6 Å². The summed E-state index contributed by atoms with van der Waals surface area (Å²) in [6.45, 7) is 8.91. The molecule has 14 heteroatoms. The monoisotopic (exact) mass is 629 g/mol. The van der Waals surface area contributed by atoms with Crippen molar-refractivity contribution in [3.8, 4) is 0 Å². The van der Waals surface area contributed by atoms with Crippen molar-refractivity contribution in [2.45, 2.75) is 103 Å². The number of carbonyl (C=O) groups is 6. The zero-order valence-electron chi connectivity index (χ0n) is 26.3. The van der Waals surface area contributed by atoms with Crippen LogP contribution < -0.4 is 10.6 Å². The standard InChI is InChI=1S/C29H48ClN5O8/c1-8-17(4)23-28(41)34(7)24(16(2)3)29(42)33(6)18(5)25(38)31-12-11-22(37)43-21(14-19(36)15-30)27(40)35-13-9-10-20(35)26(39)32-23/h16-21,23-24,36H,8-15H2,1-7H3,(H,31,38)(H,32,39)/t17-,18-,19+,20-,21+,23-,24-/m0/s1. The molecule has 0 spiro atoms. The van der Waals surface area contributed by atoms with Crippen LogP contribution in [0.5, 0.6) is 0 Å². The zero-order valence-corrected chi connectivity index (χ0v) is 27.1. The number of aliphatic hydroxyl groups is 1. The summed E-state index contributed by atoms with van der Waals surface area (Å²) < 4.78 is 5.44. The zero-order chi connectivity index (χ0) is 32.6. The summed E-state index contributed by atoms with van der Waals surface area (Å²) in [5.74, 6) is -4.24. The van der Waals surface area contributed by atoms with Gasteiger partial charge in [-0.1, -0.05) is 34.1 Å². The first-order valence-corrected chi connectivity index (χ1v) is 15.5. The quantitative estimate of drug-likeness (QED) is 0.278. The second-order valence-corrected chi connectivity index (χ2v) is 12.2. The van der Waals surface area contributed by atoms with E-state index >= 15 is 0 Å². The first-order chi connectivity index (χ1) is 20.2. The van der Waals surface area contributed by atoms with Gasteiger partial charge in [-0.3, -0.25) is 28.8 Å². The van der Waals surface area contributed by atoms with Gasteiger partial charge in [0.25, 0.3) is 5.91 Å². The summed E-state index contributed by atoms with van der Waals surface area (Å²) in [6.07, 6.45) is -1.72. The fraction of sp³-hybridized carbons (Fsp3) is 0.793. The van der Waals surface area contributed by atoms with Crippen molar-refractivity contribution >= 4 is 47.1 Å². The molecular weight excluding hydrogens is 582 g/mol. The molecule has 0 aromatic carbocycles. The fourth-order valence-corrected chi connectivity index (χ4v) is 5.54. The number of hydrogen-bond donors (Lipinski definition) is 3. The summed E-state index contributed by atoms with van der Waals surface area (Å²) >= 11 is 5.76. The Hall–Kier alpha value is -2.93. The number of cyclic esters (lactones) is 1. The van der Waals surface area contributed by atoms with E-state index in [1.165, 1.54) is 35.7 Å². The summed E-state index contributed by atoms with van der Waals surface area (Å²) in [5, 5.41) is 15.6. The lowest BCUT2D eigenvalue weighted by atomic mass is 9.94. The fourth-order valence-electron chi connectivity index (χ4n) is 5.41. The lowest BCUT2D eigenvalue weighted by Crippen LogP contribution is -2.60. The van der Waals surface area contributed by atoms with Crippen LogP contribution in [-0.4, -0.2) is 125 Å². The average molecular weight is 630 g/mol. The van der Waals surface area contributed by atoms with Crippen LogP contribution in [-0.2, 0) is 33.5 Å². The minimum Gasteiger partial charge on any atom is -0.452 e. The summed E-state index contributed by atoms with van der Waals surface area (Å²) in [7, 11) is 2.98. The predicted molar refractivity (Wildman–Crippen MR) is 159 cm³/mol. The van der Waals surface area contributed by atoms with Gasteiger partial charge in [0.1, 0.15) is 24.2 Å². The summed E-state index contributed by atoms with van der Waals surface area (Å²) in [5.41, 5.74) is 0. The number of amides is 5. The highest BCUT2D eigenvalue weighted by Gasteiger charge is 2.43. The minimum absolute atomic E-state index is 0.125. The lowest BCUT2D eigenvalue weighted by molar-refractivity contribution is -0.163. The molecule has 2 saturated heterocycles. The average Bonchev–Trinajstić information content (AvgIpc) is 3.46. The van der Waals surface area contributed by atoms with Crippen LogP contribution in [0.1, 0.15) is 66.7 Å². The molecule has 7 atom stereocenters. The van der Waals surface area contributed by atoms with Crippen LogP contribution in [0.25, 0.3) is 0 Å². The van der Waals surface area contributed by atoms with E-state index in [0.717, 1.165) is 0 Å². The van der Waals surface area contributed by atoms with Gasteiger partial charge in [0, 0.05) is 39.5 Å². The third-order valence-electron chi connectivity index (χ3n) is 8.41. The Labute approximate surface area is 259 Å². The molecule has 2 heterocycles. The van der Waals surface area contributed by atoms with Gasteiger partial charge in [-0.15, -0.1) is 11.6 Å². The first kappa shape index (κ1) is 36.3. The second-order valence-electron chi connectivity index (χ2n) is 11.9. The van der Waals surface area contributed by atoms with E-state index in [4.69, 9.17) is 16.3 Å². The molecule has 0 bridgehead atoms. The molecule has 2 aliphatic heterocycles. The number of esters is 1. The van der Waals surface area contributed by atoms with E-state index < -0.39 is 71.9 Å². The number of halogens is 1. The third kappa shape index (κ3) is 9.04. The molecule has 0 unspecified atom stereocenters. The molecule has 43 heavy (non-hydrogen) atoms. The molecule has 2 aliphatic rings. The maximum Gasteiger partial charge on any atom is 0.308 e. The molecule has 5 amide bonds. The lowest BCUT2D eigenvalue weighted by Gasteiger charge is -2.38. The number of nitrogens with zero attached hydrogens (tertiary/aromatic N) is 3. The molecule has 3 N–H and O–H groups in total.